The number of carbonyl (C=O) groups excluding carboxylic acids is 1. The highest BCUT2D eigenvalue weighted by atomic mass is 16.6. The van der Waals surface area contributed by atoms with Gasteiger partial charge in [0, 0.05) is 25.3 Å². The summed E-state index contributed by atoms with van der Waals surface area (Å²) in [6.45, 7) is 17.2. The first-order valence-corrected chi connectivity index (χ1v) is 10.3. The molecule has 1 aliphatic heterocycles. The van der Waals surface area contributed by atoms with Crippen LogP contribution in [0.1, 0.15) is 72.9 Å². The van der Waals surface area contributed by atoms with Gasteiger partial charge in [-0.1, -0.05) is 33.8 Å². The van der Waals surface area contributed by atoms with E-state index in [4.69, 9.17) is 4.74 Å². The molecular formula is C22H37N3O2. The SMILES string of the molecule is CC(C)CN(C(=O)OC(C)(C)C)c1ccc([C@H]2CCCN2CC(C)C)cn1. The van der Waals surface area contributed by atoms with Crippen LogP contribution in [0.4, 0.5) is 10.6 Å². The van der Waals surface area contributed by atoms with Crippen molar-refractivity contribution in [3.63, 3.8) is 0 Å². The molecule has 0 bridgehead atoms. The van der Waals surface area contributed by atoms with Crippen molar-refractivity contribution < 1.29 is 9.53 Å². The minimum Gasteiger partial charge on any atom is -0.443 e. The highest BCUT2D eigenvalue weighted by molar-refractivity contribution is 5.86. The third-order valence-electron chi connectivity index (χ3n) is 4.56. The number of likely N-dealkylation sites (tertiary alicyclic amines) is 1. The van der Waals surface area contributed by atoms with Gasteiger partial charge in [-0.15, -0.1) is 0 Å². The molecule has 1 aromatic heterocycles. The van der Waals surface area contributed by atoms with Gasteiger partial charge >= 0.3 is 6.09 Å². The summed E-state index contributed by atoms with van der Waals surface area (Å²) in [6.07, 6.45) is 4.02. The topological polar surface area (TPSA) is 45.7 Å². The predicted molar refractivity (Wildman–Crippen MR) is 111 cm³/mol. The van der Waals surface area contributed by atoms with Gasteiger partial charge in [0.2, 0.25) is 0 Å². The molecular weight excluding hydrogens is 338 g/mol. The lowest BCUT2D eigenvalue weighted by Gasteiger charge is -2.29. The molecule has 1 aliphatic rings. The number of nitrogens with zero attached hydrogens (tertiary/aromatic N) is 3. The third kappa shape index (κ3) is 6.49. The van der Waals surface area contributed by atoms with Gasteiger partial charge in [0.1, 0.15) is 11.4 Å². The molecule has 152 valence electrons. The van der Waals surface area contributed by atoms with Crippen LogP contribution < -0.4 is 4.90 Å². The molecule has 0 N–H and O–H groups in total. The van der Waals surface area contributed by atoms with E-state index in [1.807, 2.05) is 33.0 Å². The average Bonchev–Trinajstić information content (AvgIpc) is 2.98. The highest BCUT2D eigenvalue weighted by Gasteiger charge is 2.28. The van der Waals surface area contributed by atoms with E-state index in [1.54, 1.807) is 4.90 Å². The summed E-state index contributed by atoms with van der Waals surface area (Å²) in [6, 6.07) is 4.53. The van der Waals surface area contributed by atoms with Crippen molar-refractivity contribution in [1.82, 2.24) is 9.88 Å². The van der Waals surface area contributed by atoms with Gasteiger partial charge in [-0.25, -0.2) is 9.78 Å². The monoisotopic (exact) mass is 375 g/mol. The summed E-state index contributed by atoms with van der Waals surface area (Å²) < 4.78 is 5.58. The van der Waals surface area contributed by atoms with Crippen molar-refractivity contribution >= 4 is 11.9 Å². The minimum atomic E-state index is -0.520. The van der Waals surface area contributed by atoms with Crippen LogP contribution in [0.5, 0.6) is 0 Å². The fourth-order valence-electron chi connectivity index (χ4n) is 3.59. The van der Waals surface area contributed by atoms with Gasteiger partial charge in [-0.05, 0) is 63.6 Å². The number of hydrogen-bond acceptors (Lipinski definition) is 4. The Bertz CT molecular complexity index is 605. The lowest BCUT2D eigenvalue weighted by Crippen LogP contribution is -2.39. The van der Waals surface area contributed by atoms with Crippen LogP contribution in [0.15, 0.2) is 18.3 Å². The Hall–Kier alpha value is -1.62. The molecule has 0 unspecified atom stereocenters. The van der Waals surface area contributed by atoms with Crippen LogP contribution in [-0.4, -0.2) is 41.2 Å². The number of aromatic nitrogens is 1. The summed E-state index contributed by atoms with van der Waals surface area (Å²) in [5, 5.41) is 0. The van der Waals surface area contributed by atoms with E-state index in [9.17, 15) is 4.79 Å². The van der Waals surface area contributed by atoms with E-state index >= 15 is 0 Å². The first-order chi connectivity index (χ1) is 12.6. The Labute approximate surface area is 165 Å². The number of carbonyl (C=O) groups is 1. The first-order valence-electron chi connectivity index (χ1n) is 10.3. The summed E-state index contributed by atoms with van der Waals surface area (Å²) >= 11 is 0. The van der Waals surface area contributed by atoms with Crippen molar-refractivity contribution in [2.24, 2.45) is 11.8 Å². The van der Waals surface area contributed by atoms with E-state index in [0.717, 1.165) is 13.1 Å². The number of anilines is 1. The second kappa shape index (κ2) is 9.05. The third-order valence-corrected chi connectivity index (χ3v) is 4.56. The van der Waals surface area contributed by atoms with Gasteiger partial charge in [0.05, 0.1) is 0 Å². The number of ether oxygens (including phenoxy) is 1. The number of rotatable bonds is 6. The molecule has 0 radical (unpaired) electrons. The van der Waals surface area contributed by atoms with Crippen LogP contribution >= 0.6 is 0 Å². The normalized spacial score (nSPS) is 18.3. The number of hydrogen-bond donors (Lipinski definition) is 0. The molecule has 1 atom stereocenters. The second-order valence-corrected chi connectivity index (χ2v) is 9.48. The van der Waals surface area contributed by atoms with E-state index < -0.39 is 5.60 Å². The molecule has 2 rings (SSSR count). The van der Waals surface area contributed by atoms with Crippen molar-refractivity contribution in [3.8, 4) is 0 Å². The summed E-state index contributed by atoms with van der Waals surface area (Å²) in [5.74, 6) is 1.65. The van der Waals surface area contributed by atoms with Crippen molar-refractivity contribution in [3.05, 3.63) is 23.9 Å². The fourth-order valence-corrected chi connectivity index (χ4v) is 3.59. The maximum absolute atomic E-state index is 12.7. The van der Waals surface area contributed by atoms with E-state index in [2.05, 4.69) is 43.6 Å². The van der Waals surface area contributed by atoms with Gasteiger partial charge in [0.15, 0.2) is 0 Å². The number of pyridine rings is 1. The van der Waals surface area contributed by atoms with Crippen LogP contribution in [0, 0.1) is 11.8 Å². The van der Waals surface area contributed by atoms with E-state index in [-0.39, 0.29) is 6.09 Å². The van der Waals surface area contributed by atoms with Gasteiger partial charge in [0.25, 0.3) is 0 Å². The fraction of sp³-hybridized carbons (Fsp3) is 0.727. The zero-order valence-electron chi connectivity index (χ0n) is 18.2. The maximum atomic E-state index is 12.7. The molecule has 1 aromatic rings. The molecule has 1 amide bonds. The highest BCUT2D eigenvalue weighted by Crippen LogP contribution is 2.32. The summed E-state index contributed by atoms with van der Waals surface area (Å²) in [4.78, 5) is 21.5. The molecule has 0 aromatic carbocycles. The van der Waals surface area contributed by atoms with Crippen LogP contribution in [0.3, 0.4) is 0 Å². The largest absolute Gasteiger partial charge is 0.443 e. The molecule has 1 saturated heterocycles. The molecule has 0 saturated carbocycles. The van der Waals surface area contributed by atoms with Crippen LogP contribution in [0.2, 0.25) is 0 Å². The molecule has 27 heavy (non-hydrogen) atoms. The second-order valence-electron chi connectivity index (χ2n) is 9.48. The molecule has 0 aliphatic carbocycles. The predicted octanol–water partition coefficient (Wildman–Crippen LogP) is 5.27. The van der Waals surface area contributed by atoms with Gasteiger partial charge in [-0.2, -0.15) is 0 Å². The standard InChI is InChI=1S/C22H37N3O2/c1-16(2)14-24-12-8-9-19(24)18-10-11-20(23-13-18)25(15-17(3)4)21(26)27-22(5,6)7/h10-11,13,16-17,19H,8-9,12,14-15H2,1-7H3/t19-/m1/s1. The van der Waals surface area contributed by atoms with Crippen LogP contribution in [0.25, 0.3) is 0 Å². The Morgan fingerprint density at radius 3 is 2.48 bits per heavy atom. The summed E-state index contributed by atoms with van der Waals surface area (Å²) in [5.41, 5.74) is 0.721. The molecule has 0 spiro atoms. The van der Waals surface area contributed by atoms with Crippen LogP contribution in [-0.2, 0) is 4.74 Å². The van der Waals surface area contributed by atoms with Crippen molar-refractivity contribution in [2.45, 2.75) is 73.0 Å². The van der Waals surface area contributed by atoms with E-state index in [0.29, 0.717) is 30.2 Å². The smallest absolute Gasteiger partial charge is 0.416 e. The molecule has 2 heterocycles. The lowest BCUT2D eigenvalue weighted by atomic mass is 10.1. The lowest BCUT2D eigenvalue weighted by molar-refractivity contribution is 0.0575. The Morgan fingerprint density at radius 1 is 1.26 bits per heavy atom. The van der Waals surface area contributed by atoms with Gasteiger partial charge < -0.3 is 4.74 Å². The maximum Gasteiger partial charge on any atom is 0.416 e. The molecule has 5 nitrogen and oxygen atoms in total. The quantitative estimate of drug-likeness (QED) is 0.679. The number of amides is 1. The zero-order valence-corrected chi connectivity index (χ0v) is 18.2. The molecule has 1 fully saturated rings. The van der Waals surface area contributed by atoms with Gasteiger partial charge in [-0.3, -0.25) is 9.80 Å². The Balaban J connectivity index is 2.17. The molecule has 5 heteroatoms. The van der Waals surface area contributed by atoms with E-state index in [1.165, 1.54) is 18.4 Å². The first kappa shape index (κ1) is 21.7. The summed E-state index contributed by atoms with van der Waals surface area (Å²) in [7, 11) is 0. The zero-order chi connectivity index (χ0) is 20.2. The van der Waals surface area contributed by atoms with Crippen molar-refractivity contribution in [1.29, 1.82) is 0 Å². The Morgan fingerprint density at radius 2 is 1.96 bits per heavy atom. The van der Waals surface area contributed by atoms with Crippen molar-refractivity contribution in [2.75, 3.05) is 24.5 Å². The minimum absolute atomic E-state index is 0.329. The average molecular weight is 376 g/mol. The Kier molecular flexibility index (Phi) is 7.26.